The van der Waals surface area contributed by atoms with Crippen LogP contribution in [0, 0.1) is 0 Å². The van der Waals surface area contributed by atoms with Gasteiger partial charge >= 0.3 is 0 Å². The summed E-state index contributed by atoms with van der Waals surface area (Å²) < 4.78 is 11.8. The van der Waals surface area contributed by atoms with Crippen LogP contribution >= 0.6 is 0 Å². The van der Waals surface area contributed by atoms with Crippen molar-refractivity contribution in [2.24, 2.45) is 0 Å². The summed E-state index contributed by atoms with van der Waals surface area (Å²) in [4.78, 5) is 23.0. The Balaban J connectivity index is 1.31. The number of fused-ring (bicyclic) bond motifs is 1. The Morgan fingerprint density at radius 2 is 1.74 bits per heavy atom. The van der Waals surface area contributed by atoms with E-state index in [-0.39, 0.29) is 18.6 Å². The molecule has 0 radical (unpaired) electrons. The molecule has 31 heavy (non-hydrogen) atoms. The largest absolute Gasteiger partial charge is 0.485 e. The quantitative estimate of drug-likeness (QED) is 0.672. The van der Waals surface area contributed by atoms with Crippen molar-refractivity contribution in [1.82, 2.24) is 14.9 Å². The number of hydrogen-bond acceptors (Lipinski definition) is 4. The lowest BCUT2D eigenvalue weighted by atomic mass is 9.81. The van der Waals surface area contributed by atoms with Gasteiger partial charge in [-0.05, 0) is 49.3 Å². The standard InChI is InChI=1S/C25H27N3O3/c29-25(23-17-30-21-8-4-5-9-22(21)31-23)28(16-24-26-14-15-27-24)20-12-10-19(11-13-20)18-6-2-1-3-7-18/h1-9,14-15,19-20,23H,10-13,16-17H2,(H,26,27). The molecule has 0 saturated heterocycles. The lowest BCUT2D eigenvalue weighted by molar-refractivity contribution is -0.145. The van der Waals surface area contributed by atoms with Crippen molar-refractivity contribution in [2.75, 3.05) is 6.61 Å². The van der Waals surface area contributed by atoms with Crippen molar-refractivity contribution in [1.29, 1.82) is 0 Å². The summed E-state index contributed by atoms with van der Waals surface area (Å²) in [5.74, 6) is 2.62. The Labute approximate surface area is 182 Å². The van der Waals surface area contributed by atoms with Crippen LogP contribution in [0.1, 0.15) is 43.0 Å². The summed E-state index contributed by atoms with van der Waals surface area (Å²) in [6.45, 7) is 0.678. The normalized spacial score (nSPS) is 22.6. The number of imidazole rings is 1. The minimum Gasteiger partial charge on any atom is -0.485 e. The molecule has 1 aliphatic carbocycles. The number of benzene rings is 2. The van der Waals surface area contributed by atoms with Crippen LogP contribution < -0.4 is 9.47 Å². The van der Waals surface area contributed by atoms with E-state index < -0.39 is 6.10 Å². The molecule has 2 heterocycles. The predicted molar refractivity (Wildman–Crippen MR) is 117 cm³/mol. The van der Waals surface area contributed by atoms with Gasteiger partial charge in [0, 0.05) is 18.4 Å². The Morgan fingerprint density at radius 3 is 2.48 bits per heavy atom. The molecule has 2 aliphatic rings. The Morgan fingerprint density at radius 1 is 1.00 bits per heavy atom. The first-order valence-electron chi connectivity index (χ1n) is 11.0. The van der Waals surface area contributed by atoms with Crippen molar-refractivity contribution in [3.8, 4) is 11.5 Å². The van der Waals surface area contributed by atoms with Gasteiger partial charge in [-0.2, -0.15) is 0 Å². The molecule has 1 amide bonds. The minimum absolute atomic E-state index is 0.0333. The molecule has 1 aliphatic heterocycles. The molecule has 1 unspecified atom stereocenters. The number of amides is 1. The highest BCUT2D eigenvalue weighted by atomic mass is 16.6. The number of nitrogens with one attached hydrogen (secondary N) is 1. The van der Waals surface area contributed by atoms with E-state index in [1.165, 1.54) is 5.56 Å². The van der Waals surface area contributed by atoms with E-state index in [0.29, 0.717) is 24.0 Å². The zero-order valence-electron chi connectivity index (χ0n) is 17.4. The van der Waals surface area contributed by atoms with Crippen LogP contribution in [0.4, 0.5) is 0 Å². The number of H-pyrrole nitrogens is 1. The van der Waals surface area contributed by atoms with E-state index in [4.69, 9.17) is 9.47 Å². The van der Waals surface area contributed by atoms with Gasteiger partial charge in [0.2, 0.25) is 6.10 Å². The molecule has 3 aromatic rings. The van der Waals surface area contributed by atoms with Crippen molar-refractivity contribution < 1.29 is 14.3 Å². The van der Waals surface area contributed by atoms with Gasteiger partial charge in [0.1, 0.15) is 12.4 Å². The van der Waals surface area contributed by atoms with E-state index in [1.54, 1.807) is 12.4 Å². The van der Waals surface area contributed by atoms with Gasteiger partial charge in [-0.25, -0.2) is 4.98 Å². The molecule has 1 saturated carbocycles. The number of hydrogen-bond donors (Lipinski definition) is 1. The van der Waals surface area contributed by atoms with Crippen LogP contribution in [0.15, 0.2) is 67.0 Å². The van der Waals surface area contributed by atoms with Crippen molar-refractivity contribution in [2.45, 2.75) is 50.3 Å². The van der Waals surface area contributed by atoms with Crippen LogP contribution in [0.3, 0.4) is 0 Å². The van der Waals surface area contributed by atoms with Crippen LogP contribution in [-0.4, -0.2) is 39.5 Å². The highest BCUT2D eigenvalue weighted by Gasteiger charge is 2.36. The fraction of sp³-hybridized carbons (Fsp3) is 0.360. The number of aromatic nitrogens is 2. The molecular formula is C25H27N3O3. The second-order valence-corrected chi connectivity index (χ2v) is 8.28. The maximum atomic E-state index is 13.6. The maximum absolute atomic E-state index is 13.6. The number of carbonyl (C=O) groups is 1. The first kappa shape index (κ1) is 19.7. The van der Waals surface area contributed by atoms with Gasteiger partial charge in [-0.15, -0.1) is 0 Å². The fourth-order valence-corrected chi connectivity index (χ4v) is 4.70. The summed E-state index contributed by atoms with van der Waals surface area (Å²) in [6.07, 6.45) is 6.95. The van der Waals surface area contributed by atoms with E-state index in [1.807, 2.05) is 29.2 Å². The van der Waals surface area contributed by atoms with Crippen LogP contribution in [0.5, 0.6) is 11.5 Å². The summed E-state index contributed by atoms with van der Waals surface area (Å²) in [6, 6.07) is 18.3. The van der Waals surface area contributed by atoms with Crippen LogP contribution in [0.2, 0.25) is 0 Å². The smallest absolute Gasteiger partial charge is 0.267 e. The Kier molecular flexibility index (Phi) is 5.61. The third-order valence-electron chi connectivity index (χ3n) is 6.35. The molecule has 6 nitrogen and oxygen atoms in total. The maximum Gasteiger partial charge on any atom is 0.267 e. The SMILES string of the molecule is O=C(C1COc2ccccc2O1)N(Cc1ncc[nH]1)C1CCC(c2ccccc2)CC1. The number of nitrogens with zero attached hydrogens (tertiary/aromatic N) is 2. The van der Waals surface area contributed by atoms with E-state index in [0.717, 1.165) is 31.5 Å². The first-order valence-corrected chi connectivity index (χ1v) is 11.0. The van der Waals surface area contributed by atoms with Gasteiger partial charge in [0.15, 0.2) is 11.5 Å². The molecule has 0 spiro atoms. The molecule has 0 bridgehead atoms. The highest BCUT2D eigenvalue weighted by molar-refractivity contribution is 5.82. The molecule has 1 fully saturated rings. The highest BCUT2D eigenvalue weighted by Crippen LogP contribution is 2.36. The zero-order valence-corrected chi connectivity index (χ0v) is 17.4. The number of para-hydroxylation sites is 2. The summed E-state index contributed by atoms with van der Waals surface area (Å²) in [5.41, 5.74) is 1.39. The molecule has 160 valence electrons. The number of ether oxygens (including phenoxy) is 2. The minimum atomic E-state index is -0.642. The fourth-order valence-electron chi connectivity index (χ4n) is 4.70. The molecule has 1 aromatic heterocycles. The van der Waals surface area contributed by atoms with Crippen molar-refractivity contribution >= 4 is 5.91 Å². The van der Waals surface area contributed by atoms with Crippen LogP contribution in [-0.2, 0) is 11.3 Å². The van der Waals surface area contributed by atoms with Crippen molar-refractivity contribution in [3.63, 3.8) is 0 Å². The number of carbonyl (C=O) groups excluding carboxylic acids is 1. The molecule has 1 N–H and O–H groups in total. The first-order chi connectivity index (χ1) is 15.3. The summed E-state index contributed by atoms with van der Waals surface area (Å²) >= 11 is 0. The van der Waals surface area contributed by atoms with E-state index in [9.17, 15) is 4.79 Å². The topological polar surface area (TPSA) is 67.5 Å². The zero-order chi connectivity index (χ0) is 21.0. The second-order valence-electron chi connectivity index (χ2n) is 8.28. The number of aromatic amines is 1. The van der Waals surface area contributed by atoms with Gasteiger partial charge in [0.05, 0.1) is 6.54 Å². The molecule has 1 atom stereocenters. The predicted octanol–water partition coefficient (Wildman–Crippen LogP) is 4.30. The van der Waals surface area contributed by atoms with Gasteiger partial charge in [-0.3, -0.25) is 4.79 Å². The molecule has 5 rings (SSSR count). The van der Waals surface area contributed by atoms with E-state index >= 15 is 0 Å². The van der Waals surface area contributed by atoms with Crippen molar-refractivity contribution in [3.05, 3.63) is 78.4 Å². The lowest BCUT2D eigenvalue weighted by Crippen LogP contribution is -2.50. The average Bonchev–Trinajstić information content (AvgIpc) is 3.36. The number of rotatable bonds is 5. The third kappa shape index (κ3) is 4.29. The van der Waals surface area contributed by atoms with Gasteiger partial charge < -0.3 is 19.4 Å². The summed E-state index contributed by atoms with van der Waals surface area (Å²) in [7, 11) is 0. The molecule has 2 aromatic carbocycles. The molecular weight excluding hydrogens is 390 g/mol. The Bertz CT molecular complexity index is 998. The Hall–Kier alpha value is -3.28. The van der Waals surface area contributed by atoms with Crippen LogP contribution in [0.25, 0.3) is 0 Å². The van der Waals surface area contributed by atoms with Gasteiger partial charge in [-0.1, -0.05) is 42.5 Å². The lowest BCUT2D eigenvalue weighted by Gasteiger charge is -2.39. The van der Waals surface area contributed by atoms with E-state index in [2.05, 4.69) is 40.3 Å². The van der Waals surface area contributed by atoms with Gasteiger partial charge in [0.25, 0.3) is 5.91 Å². The summed E-state index contributed by atoms with van der Waals surface area (Å²) in [5, 5.41) is 0. The molecule has 6 heteroatoms. The second kappa shape index (κ2) is 8.84. The third-order valence-corrected chi connectivity index (χ3v) is 6.35. The average molecular weight is 418 g/mol. The monoisotopic (exact) mass is 417 g/mol.